The highest BCUT2D eigenvalue weighted by Gasteiger charge is 2.63. The maximum Gasteiger partial charge on any atom is 0.0653 e. The zero-order chi connectivity index (χ0) is 6.70. The average molecular weight is 126 g/mol. The first-order chi connectivity index (χ1) is 4.05. The van der Waals surface area contributed by atoms with Crippen LogP contribution >= 0.6 is 0 Å². The van der Waals surface area contributed by atoms with E-state index in [2.05, 4.69) is 6.92 Å². The minimum absolute atomic E-state index is 0.311. The Morgan fingerprint density at radius 2 is 2.00 bits per heavy atom. The van der Waals surface area contributed by atoms with Gasteiger partial charge in [0.05, 0.1) is 5.60 Å². The molecule has 0 unspecified atom stereocenters. The van der Waals surface area contributed by atoms with E-state index in [0.717, 1.165) is 6.42 Å². The number of hydrogen-bond acceptors (Lipinski definition) is 1. The Balaban J connectivity index is 2.21. The summed E-state index contributed by atoms with van der Waals surface area (Å²) in [5.41, 5.74) is 0.234. The molecule has 0 spiro atoms. The summed E-state index contributed by atoms with van der Waals surface area (Å²) in [6, 6.07) is 0. The van der Waals surface area contributed by atoms with Gasteiger partial charge in [-0.2, -0.15) is 0 Å². The van der Waals surface area contributed by atoms with E-state index in [-0.39, 0.29) is 5.60 Å². The van der Waals surface area contributed by atoms with E-state index in [1.165, 1.54) is 12.8 Å². The molecule has 1 nitrogen and oxygen atoms in total. The molecule has 1 N–H and O–H groups in total. The summed E-state index contributed by atoms with van der Waals surface area (Å²) in [6.45, 7) is 4.27. The third-order valence-electron chi connectivity index (χ3n) is 3.30. The molecular formula is C8H14O. The van der Waals surface area contributed by atoms with Gasteiger partial charge in [-0.05, 0) is 37.5 Å². The molecule has 0 aliphatic heterocycles. The summed E-state index contributed by atoms with van der Waals surface area (Å²) >= 11 is 0. The van der Waals surface area contributed by atoms with E-state index in [4.69, 9.17) is 0 Å². The zero-order valence-electron chi connectivity index (χ0n) is 6.15. The predicted molar refractivity (Wildman–Crippen MR) is 36.1 cm³/mol. The fourth-order valence-corrected chi connectivity index (χ4v) is 2.37. The number of aliphatic hydroxyl groups is 1. The molecule has 2 saturated carbocycles. The van der Waals surface area contributed by atoms with Gasteiger partial charge in [0.15, 0.2) is 0 Å². The van der Waals surface area contributed by atoms with Gasteiger partial charge in [-0.1, -0.05) is 6.92 Å². The molecule has 0 heterocycles. The summed E-state index contributed by atoms with van der Waals surface area (Å²) < 4.78 is 0. The second kappa shape index (κ2) is 1.20. The van der Waals surface area contributed by atoms with Crippen molar-refractivity contribution in [2.24, 2.45) is 11.3 Å². The van der Waals surface area contributed by atoms with Crippen LogP contribution in [0.3, 0.4) is 0 Å². The molecule has 0 bridgehead atoms. The van der Waals surface area contributed by atoms with Crippen molar-refractivity contribution in [1.29, 1.82) is 0 Å². The molecule has 2 aliphatic rings. The second-order valence-corrected chi connectivity index (χ2v) is 4.27. The van der Waals surface area contributed by atoms with E-state index in [1.54, 1.807) is 0 Å². The van der Waals surface area contributed by atoms with Crippen LogP contribution in [-0.4, -0.2) is 10.7 Å². The van der Waals surface area contributed by atoms with E-state index in [0.29, 0.717) is 11.3 Å². The van der Waals surface area contributed by atoms with Crippen molar-refractivity contribution in [3.63, 3.8) is 0 Å². The lowest BCUT2D eigenvalue weighted by molar-refractivity contribution is 0.0437. The molecule has 2 fully saturated rings. The molecule has 0 aromatic heterocycles. The third kappa shape index (κ3) is 0.586. The second-order valence-electron chi connectivity index (χ2n) is 4.27. The Bertz CT molecular complexity index is 151. The normalized spacial score (nSPS) is 63.7. The lowest BCUT2D eigenvalue weighted by Gasteiger charge is -2.16. The molecule has 2 aliphatic carbocycles. The van der Waals surface area contributed by atoms with Crippen molar-refractivity contribution >= 4 is 0 Å². The summed E-state index contributed by atoms with van der Waals surface area (Å²) in [5, 5.41) is 9.67. The Labute approximate surface area is 56.1 Å². The van der Waals surface area contributed by atoms with Crippen molar-refractivity contribution < 1.29 is 5.11 Å². The quantitative estimate of drug-likeness (QED) is 0.522. The van der Waals surface area contributed by atoms with Crippen LogP contribution in [0.1, 0.15) is 33.1 Å². The van der Waals surface area contributed by atoms with Gasteiger partial charge < -0.3 is 5.11 Å². The van der Waals surface area contributed by atoms with Crippen LogP contribution in [0, 0.1) is 11.3 Å². The topological polar surface area (TPSA) is 20.2 Å². The van der Waals surface area contributed by atoms with Crippen LogP contribution in [0.25, 0.3) is 0 Å². The van der Waals surface area contributed by atoms with Gasteiger partial charge in [0.1, 0.15) is 0 Å². The minimum atomic E-state index is -0.311. The van der Waals surface area contributed by atoms with Crippen LogP contribution < -0.4 is 0 Å². The van der Waals surface area contributed by atoms with Gasteiger partial charge in [-0.3, -0.25) is 0 Å². The highest BCUT2D eigenvalue weighted by molar-refractivity contribution is 5.13. The van der Waals surface area contributed by atoms with Gasteiger partial charge >= 0.3 is 0 Å². The fraction of sp³-hybridized carbons (Fsp3) is 1.00. The Morgan fingerprint density at radius 1 is 1.33 bits per heavy atom. The minimum Gasteiger partial charge on any atom is -0.390 e. The molecule has 3 atom stereocenters. The molecule has 52 valence electrons. The maximum absolute atomic E-state index is 9.67. The molecular weight excluding hydrogens is 112 g/mol. The Morgan fingerprint density at radius 3 is 2.11 bits per heavy atom. The Kier molecular flexibility index (Phi) is 0.760. The first kappa shape index (κ1) is 5.72. The standard InChI is InChI=1S/C8H14O/c1-7-3-4-8(2,9)6(7)5-7/h6,9H,3-5H2,1-2H3/t6-,7+,8+/m1/s1. The van der Waals surface area contributed by atoms with Crippen LogP contribution in [-0.2, 0) is 0 Å². The van der Waals surface area contributed by atoms with Crippen molar-refractivity contribution in [2.75, 3.05) is 0 Å². The lowest BCUT2D eigenvalue weighted by Crippen LogP contribution is -2.23. The van der Waals surface area contributed by atoms with E-state index >= 15 is 0 Å². The van der Waals surface area contributed by atoms with E-state index in [9.17, 15) is 5.11 Å². The molecule has 0 radical (unpaired) electrons. The fourth-order valence-electron chi connectivity index (χ4n) is 2.37. The first-order valence-corrected chi connectivity index (χ1v) is 3.77. The lowest BCUT2D eigenvalue weighted by atomic mass is 10.0. The molecule has 9 heavy (non-hydrogen) atoms. The van der Waals surface area contributed by atoms with Crippen LogP contribution in [0.2, 0.25) is 0 Å². The van der Waals surface area contributed by atoms with Crippen molar-refractivity contribution in [2.45, 2.75) is 38.7 Å². The number of fused-ring (bicyclic) bond motifs is 1. The van der Waals surface area contributed by atoms with Crippen molar-refractivity contribution in [3.8, 4) is 0 Å². The van der Waals surface area contributed by atoms with Gasteiger partial charge in [0.2, 0.25) is 0 Å². The first-order valence-electron chi connectivity index (χ1n) is 3.77. The predicted octanol–water partition coefficient (Wildman–Crippen LogP) is 1.56. The Hall–Kier alpha value is -0.0400. The van der Waals surface area contributed by atoms with Crippen molar-refractivity contribution in [1.82, 2.24) is 0 Å². The van der Waals surface area contributed by atoms with E-state index in [1.807, 2.05) is 6.92 Å². The van der Waals surface area contributed by atoms with Crippen molar-refractivity contribution in [3.05, 3.63) is 0 Å². The zero-order valence-corrected chi connectivity index (χ0v) is 6.15. The monoisotopic (exact) mass is 126 g/mol. The smallest absolute Gasteiger partial charge is 0.0653 e. The molecule has 1 heteroatoms. The van der Waals surface area contributed by atoms with Gasteiger partial charge in [0, 0.05) is 0 Å². The number of rotatable bonds is 0. The van der Waals surface area contributed by atoms with Gasteiger partial charge in [0.25, 0.3) is 0 Å². The van der Waals surface area contributed by atoms with Crippen LogP contribution in [0.4, 0.5) is 0 Å². The van der Waals surface area contributed by atoms with Crippen LogP contribution in [0.5, 0.6) is 0 Å². The highest BCUT2D eigenvalue weighted by atomic mass is 16.3. The average Bonchev–Trinajstić information content (AvgIpc) is 2.35. The summed E-state index contributed by atoms with van der Waals surface area (Å²) in [6.07, 6.45) is 3.53. The van der Waals surface area contributed by atoms with Crippen LogP contribution in [0.15, 0.2) is 0 Å². The molecule has 0 aromatic rings. The highest BCUT2D eigenvalue weighted by Crippen LogP contribution is 2.67. The molecule has 0 saturated heterocycles. The summed E-state index contributed by atoms with van der Waals surface area (Å²) in [5.74, 6) is 0.630. The van der Waals surface area contributed by atoms with E-state index < -0.39 is 0 Å². The molecule has 2 rings (SSSR count). The maximum atomic E-state index is 9.67. The number of hydrogen-bond donors (Lipinski definition) is 1. The summed E-state index contributed by atoms with van der Waals surface area (Å²) in [7, 11) is 0. The molecule has 0 amide bonds. The third-order valence-corrected chi connectivity index (χ3v) is 3.30. The molecule has 0 aromatic carbocycles. The summed E-state index contributed by atoms with van der Waals surface area (Å²) in [4.78, 5) is 0. The van der Waals surface area contributed by atoms with Gasteiger partial charge in [-0.15, -0.1) is 0 Å². The van der Waals surface area contributed by atoms with Gasteiger partial charge in [-0.25, -0.2) is 0 Å². The largest absolute Gasteiger partial charge is 0.390 e. The SMILES string of the molecule is C[C@@]12CC[C@](C)(O)[C@@H]1C2.